The molecule has 0 aliphatic carbocycles. The zero-order valence-corrected chi connectivity index (χ0v) is 12.5. The van der Waals surface area contributed by atoms with Crippen LogP contribution in [-0.4, -0.2) is 15.6 Å². The molecule has 2 heterocycles. The molecule has 17 heavy (non-hydrogen) atoms. The summed E-state index contributed by atoms with van der Waals surface area (Å²) in [6, 6.07) is 3.81. The van der Waals surface area contributed by atoms with E-state index in [0.29, 0.717) is 12.2 Å². The minimum absolute atomic E-state index is 0.345. The van der Waals surface area contributed by atoms with E-state index in [1.165, 1.54) is 15.3 Å². The van der Waals surface area contributed by atoms with Crippen LogP contribution in [0.1, 0.15) is 25.8 Å². The van der Waals surface area contributed by atoms with Crippen LogP contribution >= 0.6 is 33.9 Å². The van der Waals surface area contributed by atoms with Crippen molar-refractivity contribution in [3.8, 4) is 0 Å². The van der Waals surface area contributed by atoms with E-state index in [1.54, 1.807) is 22.0 Å². The van der Waals surface area contributed by atoms with E-state index in [9.17, 15) is 4.79 Å². The first-order valence-electron chi connectivity index (χ1n) is 5.12. The van der Waals surface area contributed by atoms with Gasteiger partial charge in [0.1, 0.15) is 5.69 Å². The molecular weight excluding hydrogens is 349 g/mol. The zero-order chi connectivity index (χ0) is 12.6. The van der Waals surface area contributed by atoms with E-state index >= 15 is 0 Å². The first-order chi connectivity index (χ1) is 7.97. The molecule has 90 valence electrons. The van der Waals surface area contributed by atoms with E-state index < -0.39 is 5.97 Å². The fourth-order valence-electron chi connectivity index (χ4n) is 1.68. The maximum absolute atomic E-state index is 11.1. The number of aromatic nitrogens is 1. The van der Waals surface area contributed by atoms with Crippen LogP contribution in [-0.2, 0) is 6.54 Å². The summed E-state index contributed by atoms with van der Waals surface area (Å²) in [4.78, 5) is 13.6. The predicted octanol–water partition coefficient (Wildman–Crippen LogP) is 3.52. The molecule has 0 aromatic carbocycles. The molecule has 0 saturated carbocycles. The molecule has 0 fully saturated rings. The van der Waals surface area contributed by atoms with Gasteiger partial charge in [0.25, 0.3) is 0 Å². The Morgan fingerprint density at radius 2 is 2.18 bits per heavy atom. The monoisotopic (exact) mass is 361 g/mol. The Bertz CT molecular complexity index is 552. The third kappa shape index (κ3) is 2.71. The average molecular weight is 361 g/mol. The molecule has 0 unspecified atom stereocenters. The summed E-state index contributed by atoms with van der Waals surface area (Å²) in [6.07, 6.45) is 1.87. The summed E-state index contributed by atoms with van der Waals surface area (Å²) < 4.78 is 2.74. The molecule has 0 aliphatic heterocycles. The molecule has 1 N–H and O–H groups in total. The quantitative estimate of drug-likeness (QED) is 0.851. The predicted molar refractivity (Wildman–Crippen MR) is 77.0 cm³/mol. The summed E-state index contributed by atoms with van der Waals surface area (Å²) in [6.45, 7) is 4.79. The van der Waals surface area contributed by atoms with E-state index in [4.69, 9.17) is 5.11 Å². The number of carbonyl (C=O) groups is 1. The molecule has 0 saturated heterocycles. The standard InChI is InChI=1S/C12H12INO2S/c1-7-3-10(17-8(7)2)6-14-5-9(13)4-11(14)12(15)16/h3-5H,6H2,1-2H3,(H,15,16). The van der Waals surface area contributed by atoms with Gasteiger partial charge >= 0.3 is 5.97 Å². The first kappa shape index (κ1) is 12.6. The highest BCUT2D eigenvalue weighted by atomic mass is 127. The van der Waals surface area contributed by atoms with Crippen molar-refractivity contribution in [1.82, 2.24) is 4.57 Å². The number of aryl methyl sites for hydroxylation is 2. The van der Waals surface area contributed by atoms with Crippen LogP contribution in [0.2, 0.25) is 0 Å². The Hall–Kier alpha value is -0.820. The summed E-state index contributed by atoms with van der Waals surface area (Å²) in [5, 5.41) is 9.10. The van der Waals surface area contributed by atoms with Gasteiger partial charge in [-0.15, -0.1) is 11.3 Å². The van der Waals surface area contributed by atoms with Crippen LogP contribution in [0.25, 0.3) is 0 Å². The normalized spacial score (nSPS) is 10.8. The fraction of sp³-hybridized carbons (Fsp3) is 0.250. The highest BCUT2D eigenvalue weighted by Crippen LogP contribution is 2.23. The van der Waals surface area contributed by atoms with Crippen LogP contribution in [0, 0.1) is 17.4 Å². The lowest BCUT2D eigenvalue weighted by Gasteiger charge is -2.03. The molecule has 3 nitrogen and oxygen atoms in total. The van der Waals surface area contributed by atoms with Crippen molar-refractivity contribution < 1.29 is 9.90 Å². The van der Waals surface area contributed by atoms with E-state index in [-0.39, 0.29) is 0 Å². The topological polar surface area (TPSA) is 42.2 Å². The highest BCUT2D eigenvalue weighted by molar-refractivity contribution is 14.1. The number of carboxylic acids is 1. The van der Waals surface area contributed by atoms with Gasteiger partial charge in [-0.05, 0) is 54.1 Å². The highest BCUT2D eigenvalue weighted by Gasteiger charge is 2.12. The van der Waals surface area contributed by atoms with E-state index in [2.05, 4.69) is 42.5 Å². The number of halogens is 1. The molecular formula is C12H12INO2S. The second-order valence-corrected chi connectivity index (χ2v) is 6.52. The van der Waals surface area contributed by atoms with Crippen molar-refractivity contribution >= 4 is 39.9 Å². The van der Waals surface area contributed by atoms with Gasteiger partial charge in [-0.1, -0.05) is 0 Å². The van der Waals surface area contributed by atoms with Gasteiger partial charge in [-0.3, -0.25) is 0 Å². The van der Waals surface area contributed by atoms with Gasteiger partial charge in [-0.2, -0.15) is 0 Å². The van der Waals surface area contributed by atoms with Gasteiger partial charge in [-0.25, -0.2) is 4.79 Å². The van der Waals surface area contributed by atoms with Crippen LogP contribution in [0.4, 0.5) is 0 Å². The lowest BCUT2D eigenvalue weighted by molar-refractivity contribution is 0.0686. The van der Waals surface area contributed by atoms with Crippen LogP contribution in [0.3, 0.4) is 0 Å². The smallest absolute Gasteiger partial charge is 0.352 e. The van der Waals surface area contributed by atoms with Crippen LogP contribution < -0.4 is 0 Å². The maximum Gasteiger partial charge on any atom is 0.352 e. The molecule has 0 radical (unpaired) electrons. The molecule has 0 amide bonds. The lowest BCUT2D eigenvalue weighted by Crippen LogP contribution is -2.07. The molecule has 2 rings (SSSR count). The van der Waals surface area contributed by atoms with Crippen LogP contribution in [0.15, 0.2) is 18.3 Å². The third-order valence-electron chi connectivity index (χ3n) is 2.63. The second kappa shape index (κ2) is 4.81. The number of carboxylic acid groups (broad SMARTS) is 1. The Balaban J connectivity index is 2.32. The minimum atomic E-state index is -0.877. The second-order valence-electron chi connectivity index (χ2n) is 3.93. The average Bonchev–Trinajstić information content (AvgIpc) is 2.72. The molecule has 0 bridgehead atoms. The van der Waals surface area contributed by atoms with E-state index in [1.807, 2.05) is 6.20 Å². The fourth-order valence-corrected chi connectivity index (χ4v) is 3.36. The Morgan fingerprint density at radius 3 is 2.71 bits per heavy atom. The maximum atomic E-state index is 11.1. The number of rotatable bonds is 3. The van der Waals surface area contributed by atoms with Gasteiger partial charge in [0.15, 0.2) is 0 Å². The molecule has 0 spiro atoms. The van der Waals surface area contributed by atoms with Crippen molar-refractivity contribution in [2.75, 3.05) is 0 Å². The van der Waals surface area contributed by atoms with Gasteiger partial charge < -0.3 is 9.67 Å². The Labute approximate surface area is 117 Å². The van der Waals surface area contributed by atoms with Crippen LogP contribution in [0.5, 0.6) is 0 Å². The zero-order valence-electron chi connectivity index (χ0n) is 9.53. The summed E-state index contributed by atoms with van der Waals surface area (Å²) in [5.41, 5.74) is 1.61. The number of thiophene rings is 1. The first-order valence-corrected chi connectivity index (χ1v) is 7.02. The molecule has 0 aliphatic rings. The third-order valence-corrected chi connectivity index (χ3v) is 4.35. The molecule has 2 aromatic rings. The summed E-state index contributed by atoms with van der Waals surface area (Å²) in [7, 11) is 0. The number of nitrogens with zero attached hydrogens (tertiary/aromatic N) is 1. The lowest BCUT2D eigenvalue weighted by atomic mass is 10.3. The van der Waals surface area contributed by atoms with Crippen molar-refractivity contribution in [2.45, 2.75) is 20.4 Å². The number of hydrogen-bond acceptors (Lipinski definition) is 2. The van der Waals surface area contributed by atoms with Gasteiger partial charge in [0, 0.05) is 19.5 Å². The van der Waals surface area contributed by atoms with Crippen molar-refractivity contribution in [2.24, 2.45) is 0 Å². The largest absolute Gasteiger partial charge is 0.477 e. The number of hydrogen-bond donors (Lipinski definition) is 1. The van der Waals surface area contributed by atoms with Gasteiger partial charge in [0.05, 0.1) is 6.54 Å². The van der Waals surface area contributed by atoms with E-state index in [0.717, 1.165) is 3.57 Å². The SMILES string of the molecule is Cc1cc(Cn2cc(I)cc2C(=O)O)sc1C. The summed E-state index contributed by atoms with van der Waals surface area (Å²) >= 11 is 3.86. The molecule has 5 heteroatoms. The summed E-state index contributed by atoms with van der Waals surface area (Å²) in [5.74, 6) is -0.877. The Morgan fingerprint density at radius 1 is 1.47 bits per heavy atom. The van der Waals surface area contributed by atoms with Gasteiger partial charge in [0.2, 0.25) is 0 Å². The molecule has 2 aromatic heterocycles. The minimum Gasteiger partial charge on any atom is -0.477 e. The van der Waals surface area contributed by atoms with Crippen molar-refractivity contribution in [3.63, 3.8) is 0 Å². The van der Waals surface area contributed by atoms with Crippen molar-refractivity contribution in [3.05, 3.63) is 42.9 Å². The van der Waals surface area contributed by atoms with Crippen molar-refractivity contribution in [1.29, 1.82) is 0 Å². The molecule has 0 atom stereocenters. The number of aromatic carboxylic acids is 1. The Kier molecular flexibility index (Phi) is 3.58.